The lowest BCUT2D eigenvalue weighted by atomic mass is 10.1. The van der Waals surface area contributed by atoms with Crippen LogP contribution >= 0.6 is 0 Å². The molecule has 1 aliphatic heterocycles. The van der Waals surface area contributed by atoms with Crippen molar-refractivity contribution in [3.8, 4) is 11.5 Å². The summed E-state index contributed by atoms with van der Waals surface area (Å²) < 4.78 is 31.7. The number of carbonyl (C=O) groups is 3. The molecule has 0 aromatic heterocycles. The molecule has 33 heavy (non-hydrogen) atoms. The number of benzene rings is 3. The maximum atomic E-state index is 12.6. The van der Waals surface area contributed by atoms with E-state index in [1.165, 1.54) is 30.3 Å². The molecule has 3 aromatic carbocycles. The van der Waals surface area contributed by atoms with Crippen LogP contribution in [0.4, 0.5) is 11.4 Å². The fraction of sp³-hybridized carbons (Fsp3) is 0.0870. The van der Waals surface area contributed by atoms with E-state index in [2.05, 4.69) is 10.0 Å². The third-order valence-electron chi connectivity index (χ3n) is 4.71. The molecule has 0 spiro atoms. The smallest absolute Gasteiger partial charge is 0.262 e. The molecule has 0 saturated heterocycles. The van der Waals surface area contributed by atoms with Crippen molar-refractivity contribution in [1.29, 1.82) is 0 Å². The summed E-state index contributed by atoms with van der Waals surface area (Å²) in [5.41, 5.74) is 0.859. The summed E-state index contributed by atoms with van der Waals surface area (Å²) in [7, 11) is -3.64. The Morgan fingerprint density at radius 3 is 2.12 bits per heavy atom. The number of carbonyl (C=O) groups excluding carboxylic acids is 3. The standard InChI is InChI=1S/C23H19N3O6S/c1-33(30,31)25-19-13-15(11-12-20(19)32-16-7-3-2-4-8-16)24-21(27)14-26-22(28)17-9-5-6-10-18(17)23(26)29/h2-13,25H,14H2,1H3,(H,24,27). The Morgan fingerprint density at radius 2 is 1.52 bits per heavy atom. The molecule has 168 valence electrons. The molecule has 3 amide bonds. The first-order chi connectivity index (χ1) is 15.7. The number of fused-ring (bicyclic) bond motifs is 1. The highest BCUT2D eigenvalue weighted by Crippen LogP contribution is 2.33. The molecular formula is C23H19N3O6S. The molecule has 9 nitrogen and oxygen atoms in total. The molecule has 0 unspecified atom stereocenters. The number of sulfonamides is 1. The topological polar surface area (TPSA) is 122 Å². The van der Waals surface area contributed by atoms with Crippen molar-refractivity contribution in [2.24, 2.45) is 0 Å². The van der Waals surface area contributed by atoms with Crippen molar-refractivity contribution in [3.05, 3.63) is 83.9 Å². The fourth-order valence-corrected chi connectivity index (χ4v) is 3.88. The minimum atomic E-state index is -3.64. The van der Waals surface area contributed by atoms with Crippen molar-refractivity contribution in [3.63, 3.8) is 0 Å². The Hall–Kier alpha value is -4.18. The maximum Gasteiger partial charge on any atom is 0.262 e. The zero-order valence-corrected chi connectivity index (χ0v) is 18.3. The summed E-state index contributed by atoms with van der Waals surface area (Å²) >= 11 is 0. The van der Waals surface area contributed by atoms with Gasteiger partial charge in [0.1, 0.15) is 12.3 Å². The maximum absolute atomic E-state index is 12.6. The molecule has 0 saturated carbocycles. The van der Waals surface area contributed by atoms with Crippen LogP contribution in [0.5, 0.6) is 11.5 Å². The summed E-state index contributed by atoms with van der Waals surface area (Å²) in [6, 6.07) is 19.5. The largest absolute Gasteiger partial charge is 0.455 e. The van der Waals surface area contributed by atoms with Gasteiger partial charge in [-0.25, -0.2) is 8.42 Å². The van der Waals surface area contributed by atoms with Crippen LogP contribution in [0.15, 0.2) is 72.8 Å². The number of hydrogen-bond donors (Lipinski definition) is 2. The van der Waals surface area contributed by atoms with E-state index in [0.717, 1.165) is 11.2 Å². The van der Waals surface area contributed by atoms with Crippen LogP contribution in [0, 0.1) is 0 Å². The number of hydrogen-bond acceptors (Lipinski definition) is 6. The van der Waals surface area contributed by atoms with Crippen LogP contribution in [0.2, 0.25) is 0 Å². The molecule has 1 heterocycles. The third-order valence-corrected chi connectivity index (χ3v) is 5.30. The van der Waals surface area contributed by atoms with Gasteiger partial charge in [0.2, 0.25) is 15.9 Å². The number of para-hydroxylation sites is 1. The highest BCUT2D eigenvalue weighted by Gasteiger charge is 2.36. The van der Waals surface area contributed by atoms with Crippen molar-refractivity contribution in [1.82, 2.24) is 4.90 Å². The Kier molecular flexibility index (Phi) is 5.84. The summed E-state index contributed by atoms with van der Waals surface area (Å²) in [5.74, 6) is -0.985. The van der Waals surface area contributed by atoms with Gasteiger partial charge in [0, 0.05) is 5.69 Å². The normalized spacial score (nSPS) is 12.9. The van der Waals surface area contributed by atoms with Crippen molar-refractivity contribution in [2.75, 3.05) is 22.8 Å². The van der Waals surface area contributed by atoms with E-state index in [1.54, 1.807) is 36.4 Å². The lowest BCUT2D eigenvalue weighted by Gasteiger charge is -2.16. The van der Waals surface area contributed by atoms with Crippen LogP contribution in [0.25, 0.3) is 0 Å². The van der Waals surface area contributed by atoms with E-state index in [1.807, 2.05) is 6.07 Å². The number of amides is 3. The number of nitrogens with zero attached hydrogens (tertiary/aromatic N) is 1. The molecule has 0 atom stereocenters. The van der Waals surface area contributed by atoms with Crippen LogP contribution in [0.1, 0.15) is 20.7 Å². The molecule has 3 aromatic rings. The van der Waals surface area contributed by atoms with E-state index in [9.17, 15) is 22.8 Å². The molecule has 4 rings (SSSR count). The Labute approximate surface area is 190 Å². The molecule has 0 bridgehead atoms. The SMILES string of the molecule is CS(=O)(=O)Nc1cc(NC(=O)CN2C(=O)c3ccccc3C2=O)ccc1Oc1ccccc1. The second-order valence-corrected chi connectivity index (χ2v) is 9.04. The highest BCUT2D eigenvalue weighted by atomic mass is 32.2. The van der Waals surface area contributed by atoms with Gasteiger partial charge in [0.25, 0.3) is 11.8 Å². The lowest BCUT2D eigenvalue weighted by molar-refractivity contribution is -0.116. The molecule has 0 aliphatic carbocycles. The summed E-state index contributed by atoms with van der Waals surface area (Å²) in [6.07, 6.45) is 0.993. The number of anilines is 2. The van der Waals surface area contributed by atoms with Crippen LogP contribution in [0.3, 0.4) is 0 Å². The van der Waals surface area contributed by atoms with Gasteiger partial charge in [0.15, 0.2) is 5.75 Å². The number of nitrogens with one attached hydrogen (secondary N) is 2. The Bertz CT molecular complexity index is 1320. The molecule has 0 radical (unpaired) electrons. The van der Waals surface area contributed by atoms with E-state index >= 15 is 0 Å². The van der Waals surface area contributed by atoms with Crippen LogP contribution in [-0.2, 0) is 14.8 Å². The molecule has 2 N–H and O–H groups in total. The van der Waals surface area contributed by atoms with Gasteiger partial charge in [-0.3, -0.25) is 24.0 Å². The van der Waals surface area contributed by atoms with E-state index in [4.69, 9.17) is 4.74 Å². The zero-order valence-electron chi connectivity index (χ0n) is 17.4. The van der Waals surface area contributed by atoms with Gasteiger partial charge in [-0.1, -0.05) is 30.3 Å². The monoisotopic (exact) mass is 465 g/mol. The predicted octanol–water partition coefficient (Wildman–Crippen LogP) is 3.09. The van der Waals surface area contributed by atoms with Gasteiger partial charge in [0.05, 0.1) is 23.1 Å². The quantitative estimate of drug-likeness (QED) is 0.517. The number of ether oxygens (including phenoxy) is 1. The summed E-state index contributed by atoms with van der Waals surface area (Å²) in [6.45, 7) is -0.483. The van der Waals surface area contributed by atoms with E-state index < -0.39 is 34.3 Å². The first-order valence-corrected chi connectivity index (χ1v) is 11.7. The van der Waals surface area contributed by atoms with Gasteiger partial charge >= 0.3 is 0 Å². The van der Waals surface area contributed by atoms with Gasteiger partial charge in [-0.05, 0) is 42.5 Å². The fourth-order valence-electron chi connectivity index (χ4n) is 3.32. The second-order valence-electron chi connectivity index (χ2n) is 7.29. The average molecular weight is 465 g/mol. The Balaban J connectivity index is 1.52. The van der Waals surface area contributed by atoms with Crippen molar-refractivity contribution in [2.45, 2.75) is 0 Å². The summed E-state index contributed by atoms with van der Waals surface area (Å²) in [4.78, 5) is 38.3. The minimum absolute atomic E-state index is 0.111. The first-order valence-electron chi connectivity index (χ1n) is 9.81. The molecule has 0 fully saturated rings. The lowest BCUT2D eigenvalue weighted by Crippen LogP contribution is -2.37. The van der Waals surface area contributed by atoms with Gasteiger partial charge in [-0.2, -0.15) is 0 Å². The van der Waals surface area contributed by atoms with E-state index in [0.29, 0.717) is 5.75 Å². The van der Waals surface area contributed by atoms with Crippen LogP contribution < -0.4 is 14.8 Å². The van der Waals surface area contributed by atoms with E-state index in [-0.39, 0.29) is 28.3 Å². The molecule has 1 aliphatic rings. The second kappa shape index (κ2) is 8.75. The number of rotatable bonds is 7. The molecule has 10 heteroatoms. The first kappa shape index (κ1) is 22.0. The van der Waals surface area contributed by atoms with Crippen molar-refractivity contribution >= 4 is 39.1 Å². The highest BCUT2D eigenvalue weighted by molar-refractivity contribution is 7.92. The zero-order chi connectivity index (χ0) is 23.6. The van der Waals surface area contributed by atoms with Crippen LogP contribution in [-0.4, -0.2) is 43.8 Å². The molecular weight excluding hydrogens is 446 g/mol. The third kappa shape index (κ3) is 5.01. The van der Waals surface area contributed by atoms with Gasteiger partial charge < -0.3 is 10.1 Å². The minimum Gasteiger partial charge on any atom is -0.455 e. The number of imide groups is 1. The van der Waals surface area contributed by atoms with Gasteiger partial charge in [-0.15, -0.1) is 0 Å². The Morgan fingerprint density at radius 1 is 0.909 bits per heavy atom. The predicted molar refractivity (Wildman–Crippen MR) is 122 cm³/mol. The average Bonchev–Trinajstić information content (AvgIpc) is 3.00. The summed E-state index contributed by atoms with van der Waals surface area (Å²) in [5, 5.41) is 2.58. The van der Waals surface area contributed by atoms with Crippen molar-refractivity contribution < 1.29 is 27.5 Å².